The number of aromatic nitrogens is 2. The number of nitrogens with zero attached hydrogens (tertiary/aromatic N) is 2. The van der Waals surface area contributed by atoms with E-state index in [0.717, 1.165) is 5.56 Å². The molecule has 0 bridgehead atoms. The van der Waals surface area contributed by atoms with Crippen molar-refractivity contribution in [3.8, 4) is 11.3 Å². The molecule has 1 unspecified atom stereocenters. The molecule has 1 aromatic carbocycles. The second-order valence-corrected chi connectivity index (χ2v) is 6.94. The largest absolute Gasteiger partial charge is 0.342 e. The highest BCUT2D eigenvalue weighted by Gasteiger charge is 2.72. The Morgan fingerprint density at radius 1 is 1.25 bits per heavy atom. The van der Waals surface area contributed by atoms with Crippen molar-refractivity contribution in [2.75, 3.05) is 19.6 Å². The minimum Gasteiger partial charge on any atom is -0.342 e. The Morgan fingerprint density at radius 3 is 2.54 bits per heavy atom. The summed E-state index contributed by atoms with van der Waals surface area (Å²) in [5.74, 6) is -3.46. The van der Waals surface area contributed by atoms with Gasteiger partial charge in [-0.25, -0.2) is 8.78 Å². The molecule has 1 aromatic heterocycles. The van der Waals surface area contributed by atoms with E-state index in [1.54, 1.807) is 6.07 Å². The summed E-state index contributed by atoms with van der Waals surface area (Å²) >= 11 is 0. The Bertz CT molecular complexity index is 853. The maximum absolute atomic E-state index is 13.4. The smallest absolute Gasteiger partial charge is 0.269 e. The zero-order chi connectivity index (χ0) is 20.4. The predicted octanol–water partition coefficient (Wildman–Crippen LogP) is 3.09. The summed E-state index contributed by atoms with van der Waals surface area (Å²) in [5, 5.41) is 9.26. The number of benzene rings is 1. The third kappa shape index (κ3) is 3.76. The van der Waals surface area contributed by atoms with Gasteiger partial charge in [0.05, 0.1) is 17.7 Å². The maximum atomic E-state index is 13.4. The van der Waals surface area contributed by atoms with Crippen LogP contribution in [0, 0.1) is 5.41 Å². The Balaban J connectivity index is 0.00000109. The lowest BCUT2D eigenvalue weighted by molar-refractivity contribution is -0.129. The molecule has 2 heterocycles. The van der Waals surface area contributed by atoms with Gasteiger partial charge in [-0.05, 0) is 12.5 Å². The van der Waals surface area contributed by atoms with E-state index < -0.39 is 17.2 Å². The van der Waals surface area contributed by atoms with E-state index >= 15 is 0 Å². The van der Waals surface area contributed by atoms with Crippen molar-refractivity contribution in [3.63, 3.8) is 0 Å². The number of halogens is 2. The van der Waals surface area contributed by atoms with Gasteiger partial charge in [0.1, 0.15) is 5.69 Å². The predicted molar refractivity (Wildman–Crippen MR) is 101 cm³/mol. The van der Waals surface area contributed by atoms with E-state index in [2.05, 4.69) is 15.5 Å². The molecule has 1 saturated carbocycles. The summed E-state index contributed by atoms with van der Waals surface area (Å²) in [6.07, 6.45) is 0.174. The fourth-order valence-electron chi connectivity index (χ4n) is 3.47. The first kappa shape index (κ1) is 20.0. The zero-order valence-electron chi connectivity index (χ0n) is 16.0. The molecule has 0 radical (unpaired) electrons. The fraction of sp³-hybridized carbons (Fsp3) is 0.450. The molecule has 1 aliphatic carbocycles. The number of likely N-dealkylation sites (tertiary alicyclic amines) is 1. The van der Waals surface area contributed by atoms with Crippen molar-refractivity contribution >= 4 is 11.8 Å². The molecule has 4 rings (SSSR count). The second-order valence-electron chi connectivity index (χ2n) is 6.94. The van der Waals surface area contributed by atoms with Crippen molar-refractivity contribution in [1.82, 2.24) is 20.4 Å². The first-order valence-electron chi connectivity index (χ1n) is 9.45. The average molecular weight is 390 g/mol. The first-order valence-corrected chi connectivity index (χ1v) is 9.45. The molecule has 2 N–H and O–H groups in total. The normalized spacial score (nSPS) is 21.8. The minimum absolute atomic E-state index is 0.0664. The molecular formula is C20H24F2N4O2. The SMILES string of the molecule is CC.O=C(NCC(=O)N1CCC2(C1)CC2(F)F)c1cc(-c2ccccc2)n[nH]1. The second kappa shape index (κ2) is 7.69. The fourth-order valence-corrected chi connectivity index (χ4v) is 3.47. The summed E-state index contributed by atoms with van der Waals surface area (Å²) in [7, 11) is 0. The lowest BCUT2D eigenvalue weighted by Crippen LogP contribution is -2.39. The number of carbonyl (C=O) groups is 2. The van der Waals surface area contributed by atoms with Gasteiger partial charge in [0.25, 0.3) is 11.8 Å². The van der Waals surface area contributed by atoms with Crippen LogP contribution in [-0.2, 0) is 4.79 Å². The molecule has 2 fully saturated rings. The quantitative estimate of drug-likeness (QED) is 0.842. The molecule has 2 amide bonds. The van der Waals surface area contributed by atoms with Crippen LogP contribution in [0.5, 0.6) is 0 Å². The molecule has 6 nitrogen and oxygen atoms in total. The number of rotatable bonds is 4. The van der Waals surface area contributed by atoms with Crippen LogP contribution in [0.4, 0.5) is 8.78 Å². The number of hydrogen-bond donors (Lipinski definition) is 2. The topological polar surface area (TPSA) is 78.1 Å². The monoisotopic (exact) mass is 390 g/mol. The molecule has 1 atom stereocenters. The highest BCUT2D eigenvalue weighted by molar-refractivity contribution is 5.95. The van der Waals surface area contributed by atoms with E-state index in [-0.39, 0.29) is 31.1 Å². The summed E-state index contributed by atoms with van der Waals surface area (Å²) in [6, 6.07) is 11.0. The van der Waals surface area contributed by atoms with Gasteiger partial charge in [-0.3, -0.25) is 14.7 Å². The van der Waals surface area contributed by atoms with Crippen molar-refractivity contribution in [3.05, 3.63) is 42.1 Å². The van der Waals surface area contributed by atoms with Crippen LogP contribution < -0.4 is 5.32 Å². The summed E-state index contributed by atoms with van der Waals surface area (Å²) in [4.78, 5) is 25.8. The van der Waals surface area contributed by atoms with Crippen LogP contribution in [-0.4, -0.2) is 52.5 Å². The van der Waals surface area contributed by atoms with Crippen LogP contribution in [0.2, 0.25) is 0 Å². The highest BCUT2D eigenvalue weighted by Crippen LogP contribution is 2.64. The van der Waals surface area contributed by atoms with Crippen LogP contribution in [0.25, 0.3) is 11.3 Å². The first-order chi connectivity index (χ1) is 13.4. The van der Waals surface area contributed by atoms with Gasteiger partial charge in [-0.1, -0.05) is 44.2 Å². The highest BCUT2D eigenvalue weighted by atomic mass is 19.3. The number of carbonyl (C=O) groups excluding carboxylic acids is 2. The maximum Gasteiger partial charge on any atom is 0.269 e. The Kier molecular flexibility index (Phi) is 5.49. The third-order valence-electron chi connectivity index (χ3n) is 5.21. The Labute approximate surface area is 162 Å². The number of aromatic amines is 1. The van der Waals surface area contributed by atoms with Gasteiger partial charge >= 0.3 is 0 Å². The van der Waals surface area contributed by atoms with Gasteiger partial charge in [0, 0.05) is 25.1 Å². The van der Waals surface area contributed by atoms with E-state index in [0.29, 0.717) is 18.7 Å². The van der Waals surface area contributed by atoms with Crippen molar-refractivity contribution in [2.24, 2.45) is 5.41 Å². The summed E-state index contributed by atoms with van der Waals surface area (Å²) in [5.41, 5.74) is 0.704. The van der Waals surface area contributed by atoms with Gasteiger partial charge < -0.3 is 10.2 Å². The third-order valence-corrected chi connectivity index (χ3v) is 5.21. The van der Waals surface area contributed by atoms with Gasteiger partial charge in [0.2, 0.25) is 5.91 Å². The number of nitrogens with one attached hydrogen (secondary N) is 2. The molecule has 150 valence electrons. The van der Waals surface area contributed by atoms with Crippen molar-refractivity contribution in [2.45, 2.75) is 32.6 Å². The Hall–Kier alpha value is -2.77. The van der Waals surface area contributed by atoms with E-state index in [4.69, 9.17) is 0 Å². The molecule has 1 spiro atoms. The van der Waals surface area contributed by atoms with Crippen LogP contribution in [0.15, 0.2) is 36.4 Å². The average Bonchev–Trinajstić information content (AvgIpc) is 3.14. The standard InChI is InChI=1S/C18H18F2N4O2.C2H6/c19-18(20)10-17(18)6-7-24(11-17)15(25)9-21-16(26)14-8-13(22-23-14)12-4-2-1-3-5-12;1-2/h1-5,8H,6-7,9-11H2,(H,21,26)(H,22,23);1-2H3. The van der Waals surface area contributed by atoms with E-state index in [9.17, 15) is 18.4 Å². The van der Waals surface area contributed by atoms with E-state index in [1.807, 2.05) is 44.2 Å². The summed E-state index contributed by atoms with van der Waals surface area (Å²) < 4.78 is 26.8. The van der Waals surface area contributed by atoms with Gasteiger partial charge in [0.15, 0.2) is 0 Å². The zero-order valence-corrected chi connectivity index (χ0v) is 16.0. The Morgan fingerprint density at radius 2 is 1.93 bits per heavy atom. The number of hydrogen-bond acceptors (Lipinski definition) is 3. The molecular weight excluding hydrogens is 366 g/mol. The number of H-pyrrole nitrogens is 1. The summed E-state index contributed by atoms with van der Waals surface area (Å²) in [6.45, 7) is 4.16. The van der Waals surface area contributed by atoms with E-state index in [1.165, 1.54) is 4.90 Å². The minimum atomic E-state index is -2.66. The molecule has 28 heavy (non-hydrogen) atoms. The van der Waals surface area contributed by atoms with Gasteiger partial charge in [-0.2, -0.15) is 5.10 Å². The van der Waals surface area contributed by atoms with Gasteiger partial charge in [-0.15, -0.1) is 0 Å². The lowest BCUT2D eigenvalue weighted by atomic mass is 10.1. The van der Waals surface area contributed by atoms with Crippen LogP contribution in [0.1, 0.15) is 37.2 Å². The van der Waals surface area contributed by atoms with Crippen LogP contribution >= 0.6 is 0 Å². The number of alkyl halides is 2. The number of amides is 2. The molecule has 1 saturated heterocycles. The molecule has 2 aliphatic rings. The van der Waals surface area contributed by atoms with Crippen molar-refractivity contribution < 1.29 is 18.4 Å². The molecule has 2 aromatic rings. The molecule has 8 heteroatoms. The molecule has 1 aliphatic heterocycles. The lowest BCUT2D eigenvalue weighted by Gasteiger charge is -2.16. The van der Waals surface area contributed by atoms with Crippen LogP contribution in [0.3, 0.4) is 0 Å². The van der Waals surface area contributed by atoms with Crippen molar-refractivity contribution in [1.29, 1.82) is 0 Å².